The van der Waals surface area contributed by atoms with Gasteiger partial charge in [-0.15, -0.1) is 5.10 Å². The maximum atomic E-state index is 13.5. The fourth-order valence-corrected chi connectivity index (χ4v) is 5.94. The molecule has 2 aromatic carbocycles. The molecule has 0 spiro atoms. The number of nitrogens with zero attached hydrogens (tertiary/aromatic N) is 3. The molecule has 0 bridgehead atoms. The summed E-state index contributed by atoms with van der Waals surface area (Å²) in [5.74, 6) is -2.68. The molecule has 1 unspecified atom stereocenters. The standard InChI is InChI=1S/C26H29N4O9P/c1-3-35-40(34,36-4-2)15-19-20(38-25(32)17-11-7-5-8-12-17)21(39-26(33)18-13-9-6-10-14-18)24(37-19)30-16-28-23(29-30)22(27)31/h5-14,16,19-21,24H,3-4,15H2,1-2H3,(H2,27,31)/t19-,20+,21?,24-/m1/s1. The van der Waals surface area contributed by atoms with Crippen LogP contribution in [0.4, 0.5) is 0 Å². The maximum Gasteiger partial charge on any atom is 0.338 e. The van der Waals surface area contributed by atoms with Crippen LogP contribution in [0.2, 0.25) is 0 Å². The van der Waals surface area contributed by atoms with E-state index in [1.54, 1.807) is 74.5 Å². The van der Waals surface area contributed by atoms with Gasteiger partial charge in [0.15, 0.2) is 18.4 Å². The van der Waals surface area contributed by atoms with Gasteiger partial charge in [-0.1, -0.05) is 36.4 Å². The molecule has 1 saturated heterocycles. The number of ether oxygens (including phenoxy) is 3. The smallest absolute Gasteiger partial charge is 0.338 e. The van der Waals surface area contributed by atoms with Crippen LogP contribution in [0.5, 0.6) is 0 Å². The molecule has 0 radical (unpaired) electrons. The van der Waals surface area contributed by atoms with Gasteiger partial charge in [0.25, 0.3) is 5.91 Å². The molecule has 13 nitrogen and oxygen atoms in total. The lowest BCUT2D eigenvalue weighted by Gasteiger charge is -2.26. The van der Waals surface area contributed by atoms with Gasteiger partial charge in [-0.2, -0.15) is 0 Å². The highest BCUT2D eigenvalue weighted by atomic mass is 31.2. The predicted octanol–water partition coefficient (Wildman–Crippen LogP) is 2.99. The number of benzene rings is 2. The molecule has 2 N–H and O–H groups in total. The second kappa shape index (κ2) is 13.0. The summed E-state index contributed by atoms with van der Waals surface area (Å²) in [5.41, 5.74) is 5.76. The van der Waals surface area contributed by atoms with Gasteiger partial charge >= 0.3 is 19.5 Å². The summed E-state index contributed by atoms with van der Waals surface area (Å²) in [6, 6.07) is 16.3. The first-order valence-electron chi connectivity index (χ1n) is 12.5. The van der Waals surface area contributed by atoms with E-state index in [0.29, 0.717) is 0 Å². The van der Waals surface area contributed by atoms with Crippen molar-refractivity contribution in [3.63, 3.8) is 0 Å². The van der Waals surface area contributed by atoms with Crippen LogP contribution in [0.3, 0.4) is 0 Å². The Kier molecular flexibility index (Phi) is 9.43. The zero-order chi connectivity index (χ0) is 28.7. The minimum absolute atomic E-state index is 0.0827. The Morgan fingerprint density at radius 2 is 1.43 bits per heavy atom. The Hall–Kier alpha value is -3.90. The first-order chi connectivity index (χ1) is 19.2. The van der Waals surface area contributed by atoms with Crippen molar-refractivity contribution in [2.45, 2.75) is 38.4 Å². The molecule has 4 rings (SSSR count). The number of hydrogen-bond donors (Lipinski definition) is 1. The molecule has 3 aromatic rings. The first-order valence-corrected chi connectivity index (χ1v) is 14.2. The van der Waals surface area contributed by atoms with E-state index in [1.165, 1.54) is 0 Å². The average molecular weight is 573 g/mol. The molecule has 2 heterocycles. The zero-order valence-corrected chi connectivity index (χ0v) is 22.7. The van der Waals surface area contributed by atoms with E-state index in [-0.39, 0.29) is 36.3 Å². The molecule has 14 heteroatoms. The molecule has 1 aromatic heterocycles. The third-order valence-corrected chi connectivity index (χ3v) is 7.95. The van der Waals surface area contributed by atoms with Gasteiger partial charge in [-0.05, 0) is 38.1 Å². The first kappa shape index (κ1) is 29.1. The molecule has 40 heavy (non-hydrogen) atoms. The largest absolute Gasteiger partial charge is 0.452 e. The zero-order valence-electron chi connectivity index (χ0n) is 21.8. The number of nitrogens with two attached hydrogens (primary N) is 1. The van der Waals surface area contributed by atoms with E-state index in [9.17, 15) is 18.9 Å². The summed E-state index contributed by atoms with van der Waals surface area (Å²) in [6.07, 6.45) is -4.17. The lowest BCUT2D eigenvalue weighted by atomic mass is 10.1. The number of rotatable bonds is 12. The molecule has 1 amide bonds. The summed E-state index contributed by atoms with van der Waals surface area (Å²) in [7, 11) is -3.74. The number of primary amides is 1. The van der Waals surface area contributed by atoms with Crippen molar-refractivity contribution in [1.29, 1.82) is 0 Å². The minimum Gasteiger partial charge on any atom is -0.452 e. The van der Waals surface area contributed by atoms with Crippen LogP contribution in [0.1, 0.15) is 51.4 Å². The summed E-state index contributed by atoms with van der Waals surface area (Å²) < 4.78 is 43.3. The lowest BCUT2D eigenvalue weighted by molar-refractivity contribution is -0.0545. The minimum atomic E-state index is -3.74. The van der Waals surface area contributed by atoms with Gasteiger partial charge in [0.1, 0.15) is 12.4 Å². The molecule has 0 aliphatic carbocycles. The average Bonchev–Trinajstić information content (AvgIpc) is 3.56. The highest BCUT2D eigenvalue weighted by Gasteiger charge is 2.53. The van der Waals surface area contributed by atoms with Gasteiger partial charge in [-0.25, -0.2) is 19.3 Å². The normalized spacial score (nSPS) is 20.6. The molecular formula is C26H29N4O9P. The fourth-order valence-electron chi connectivity index (χ4n) is 4.13. The van der Waals surface area contributed by atoms with E-state index >= 15 is 0 Å². The summed E-state index contributed by atoms with van der Waals surface area (Å²) in [5, 5.41) is 4.04. The van der Waals surface area contributed by atoms with Gasteiger partial charge in [-0.3, -0.25) is 9.36 Å². The van der Waals surface area contributed by atoms with Crippen molar-refractivity contribution >= 4 is 25.4 Å². The van der Waals surface area contributed by atoms with E-state index < -0.39 is 50.0 Å². The number of esters is 2. The molecule has 4 atom stereocenters. The highest BCUT2D eigenvalue weighted by molar-refractivity contribution is 7.53. The Morgan fingerprint density at radius 3 is 1.90 bits per heavy atom. The van der Waals surface area contributed by atoms with Crippen LogP contribution in [0, 0.1) is 0 Å². The van der Waals surface area contributed by atoms with Gasteiger partial charge in [0.05, 0.1) is 30.5 Å². The summed E-state index contributed by atoms with van der Waals surface area (Å²) in [6.45, 7) is 3.48. The number of carbonyl (C=O) groups is 3. The Labute approximate surface area is 230 Å². The van der Waals surface area contributed by atoms with Crippen molar-refractivity contribution in [3.8, 4) is 0 Å². The second-order valence-electron chi connectivity index (χ2n) is 8.58. The van der Waals surface area contributed by atoms with E-state index in [4.69, 9.17) is 29.0 Å². The topological polar surface area (TPSA) is 171 Å². The van der Waals surface area contributed by atoms with Crippen LogP contribution in [0.15, 0.2) is 67.0 Å². The van der Waals surface area contributed by atoms with E-state index in [2.05, 4.69) is 10.1 Å². The number of amides is 1. The molecule has 1 fully saturated rings. The predicted molar refractivity (Wildman–Crippen MR) is 139 cm³/mol. The van der Waals surface area contributed by atoms with Crippen molar-refractivity contribution in [3.05, 3.63) is 83.9 Å². The number of aromatic nitrogens is 3. The lowest BCUT2D eigenvalue weighted by Crippen LogP contribution is -2.41. The molecule has 212 valence electrons. The van der Waals surface area contributed by atoms with Crippen molar-refractivity contribution in [1.82, 2.24) is 14.8 Å². The maximum absolute atomic E-state index is 13.5. The van der Waals surface area contributed by atoms with Crippen molar-refractivity contribution < 1.29 is 42.2 Å². The third kappa shape index (κ3) is 6.80. The highest BCUT2D eigenvalue weighted by Crippen LogP contribution is 2.51. The Balaban J connectivity index is 1.74. The van der Waals surface area contributed by atoms with Crippen LogP contribution >= 0.6 is 7.60 Å². The third-order valence-electron chi connectivity index (χ3n) is 5.84. The molecule has 1 aliphatic rings. The van der Waals surface area contributed by atoms with Crippen molar-refractivity contribution in [2.75, 3.05) is 19.4 Å². The molecule has 1 aliphatic heterocycles. The summed E-state index contributed by atoms with van der Waals surface area (Å²) >= 11 is 0. The Morgan fingerprint density at radius 1 is 0.900 bits per heavy atom. The van der Waals surface area contributed by atoms with Crippen LogP contribution in [-0.2, 0) is 27.8 Å². The van der Waals surface area contributed by atoms with Crippen LogP contribution in [0.25, 0.3) is 0 Å². The fraction of sp³-hybridized carbons (Fsp3) is 0.346. The van der Waals surface area contributed by atoms with E-state index in [1.807, 2.05) is 0 Å². The number of carbonyl (C=O) groups excluding carboxylic acids is 3. The second-order valence-corrected chi connectivity index (χ2v) is 10.7. The van der Waals surface area contributed by atoms with E-state index in [0.717, 1.165) is 11.0 Å². The van der Waals surface area contributed by atoms with Crippen LogP contribution in [-0.4, -0.2) is 70.3 Å². The Bertz CT molecular complexity index is 1360. The van der Waals surface area contributed by atoms with Gasteiger partial charge < -0.3 is 29.0 Å². The molecule has 0 saturated carbocycles. The molecular weight excluding hydrogens is 543 g/mol. The van der Waals surface area contributed by atoms with Crippen LogP contribution < -0.4 is 5.73 Å². The van der Waals surface area contributed by atoms with Gasteiger partial charge in [0.2, 0.25) is 5.82 Å². The number of hydrogen-bond acceptors (Lipinski definition) is 11. The summed E-state index contributed by atoms with van der Waals surface area (Å²) in [4.78, 5) is 41.8. The van der Waals surface area contributed by atoms with Gasteiger partial charge in [0, 0.05) is 0 Å². The quantitative estimate of drug-likeness (QED) is 0.250. The van der Waals surface area contributed by atoms with Crippen molar-refractivity contribution in [2.24, 2.45) is 5.73 Å². The monoisotopic (exact) mass is 572 g/mol. The SMILES string of the molecule is CCOP(=O)(C[C@H]1O[C@@H](n2cnc(C(N)=O)n2)C(OC(=O)c2ccccc2)[C@H]1OC(=O)c1ccccc1)OCC.